The summed E-state index contributed by atoms with van der Waals surface area (Å²) < 4.78 is 0. The number of benzene rings is 4. The number of nitrogens with zero attached hydrogens (tertiary/aromatic N) is 3. The first-order chi connectivity index (χ1) is 20.1. The second kappa shape index (κ2) is 12.2. The molecular weight excluding hydrogens is 506 g/mol. The molecule has 0 atom stereocenters. The largest absolute Gasteiger partial charge is 0.368 e. The van der Waals surface area contributed by atoms with Gasteiger partial charge in [0.1, 0.15) is 0 Å². The van der Waals surface area contributed by atoms with Crippen LogP contribution in [0.15, 0.2) is 109 Å². The van der Waals surface area contributed by atoms with E-state index in [0.29, 0.717) is 0 Å². The molecule has 6 nitrogen and oxygen atoms in total. The maximum atomic E-state index is 13.2. The summed E-state index contributed by atoms with van der Waals surface area (Å²) in [5.41, 5.74) is 7.35. The summed E-state index contributed by atoms with van der Waals surface area (Å²) in [5.74, 6) is 0. The Morgan fingerprint density at radius 2 is 1.44 bits per heavy atom. The van der Waals surface area contributed by atoms with E-state index < -0.39 is 0 Å². The Bertz CT molecular complexity index is 1630. The number of rotatable bonds is 7. The average molecular weight is 542 g/mol. The molecule has 1 saturated heterocycles. The predicted molar refractivity (Wildman–Crippen MR) is 170 cm³/mol. The fourth-order valence-electron chi connectivity index (χ4n) is 5.56. The highest BCUT2D eigenvalue weighted by molar-refractivity contribution is 6.09. The molecule has 4 aromatic carbocycles. The summed E-state index contributed by atoms with van der Waals surface area (Å²) in [6, 6.07) is 32.8. The minimum Gasteiger partial charge on any atom is -0.368 e. The van der Waals surface area contributed by atoms with Gasteiger partial charge in [-0.05, 0) is 65.9 Å². The molecule has 1 aliphatic heterocycles. The third-order valence-electron chi connectivity index (χ3n) is 7.92. The molecular formula is C35H35N5O. The Kier molecular flexibility index (Phi) is 7.92. The molecule has 2 heterocycles. The van der Waals surface area contributed by atoms with Gasteiger partial charge >= 0.3 is 6.03 Å². The van der Waals surface area contributed by atoms with E-state index >= 15 is 0 Å². The van der Waals surface area contributed by atoms with E-state index in [2.05, 4.69) is 80.0 Å². The molecule has 0 radical (unpaired) electrons. The molecule has 206 valence electrons. The van der Waals surface area contributed by atoms with Gasteiger partial charge in [-0.25, -0.2) is 4.79 Å². The second-order valence-corrected chi connectivity index (χ2v) is 10.6. The summed E-state index contributed by atoms with van der Waals surface area (Å²) in [7, 11) is 0. The third kappa shape index (κ3) is 6.23. The van der Waals surface area contributed by atoms with Crippen LogP contribution in [0.5, 0.6) is 0 Å². The van der Waals surface area contributed by atoms with E-state index in [4.69, 9.17) is 0 Å². The van der Waals surface area contributed by atoms with E-state index in [1.165, 1.54) is 11.3 Å². The summed E-state index contributed by atoms with van der Waals surface area (Å²) in [6.07, 6.45) is 4.78. The number of pyridine rings is 1. The van der Waals surface area contributed by atoms with E-state index in [0.717, 1.165) is 78.0 Å². The molecule has 41 heavy (non-hydrogen) atoms. The van der Waals surface area contributed by atoms with Crippen LogP contribution in [0.4, 0.5) is 21.9 Å². The second-order valence-electron chi connectivity index (χ2n) is 10.6. The first-order valence-electron chi connectivity index (χ1n) is 14.3. The first-order valence-corrected chi connectivity index (χ1v) is 14.3. The molecule has 0 bridgehead atoms. The van der Waals surface area contributed by atoms with Gasteiger partial charge in [0.15, 0.2) is 0 Å². The molecule has 1 aromatic heterocycles. The van der Waals surface area contributed by atoms with Crippen LogP contribution in [0.25, 0.3) is 21.9 Å². The molecule has 5 aromatic rings. The summed E-state index contributed by atoms with van der Waals surface area (Å²) >= 11 is 0. The highest BCUT2D eigenvalue weighted by Gasteiger charge is 2.20. The molecule has 0 unspecified atom stereocenters. The van der Waals surface area contributed by atoms with Crippen LogP contribution in [-0.4, -0.2) is 48.6 Å². The van der Waals surface area contributed by atoms with Crippen molar-refractivity contribution in [1.82, 2.24) is 9.88 Å². The van der Waals surface area contributed by atoms with Crippen molar-refractivity contribution in [2.75, 3.05) is 48.3 Å². The number of aromatic nitrogens is 1. The maximum absolute atomic E-state index is 13.2. The molecule has 1 aliphatic rings. The van der Waals surface area contributed by atoms with Crippen LogP contribution in [0, 0.1) is 6.92 Å². The molecule has 0 aliphatic carbocycles. The van der Waals surface area contributed by atoms with Gasteiger partial charge in [-0.2, -0.15) is 0 Å². The fourth-order valence-corrected chi connectivity index (χ4v) is 5.56. The van der Waals surface area contributed by atoms with Crippen molar-refractivity contribution in [3.05, 3.63) is 121 Å². The van der Waals surface area contributed by atoms with Gasteiger partial charge in [0.25, 0.3) is 0 Å². The normalized spacial score (nSPS) is 13.7. The van der Waals surface area contributed by atoms with Gasteiger partial charge in [-0.1, -0.05) is 66.7 Å². The fraction of sp³-hybridized carbons (Fsp3) is 0.200. The number of urea groups is 1. The highest BCUT2D eigenvalue weighted by atomic mass is 16.2. The van der Waals surface area contributed by atoms with Gasteiger partial charge < -0.3 is 15.5 Å². The standard InChI is InChI=1S/C35H35N5O/c1-26-11-12-29(28-7-3-2-4-8-28)25-33(26)38-35(41)37-32-13-14-34(31-10-6-5-9-30(31)32)40-23-21-39(22-24-40)20-17-27-15-18-36-19-16-27/h2-16,18-19,25H,17,20-24H2,1H3,(H2,37,38,41). The highest BCUT2D eigenvalue weighted by Crippen LogP contribution is 2.33. The van der Waals surface area contributed by atoms with Crippen molar-refractivity contribution in [2.45, 2.75) is 13.3 Å². The van der Waals surface area contributed by atoms with Gasteiger partial charge in [-0.3, -0.25) is 9.88 Å². The Morgan fingerprint density at radius 1 is 0.732 bits per heavy atom. The smallest absolute Gasteiger partial charge is 0.323 e. The molecule has 6 heteroatoms. The molecule has 2 N–H and O–H groups in total. The molecule has 2 amide bonds. The molecule has 1 fully saturated rings. The van der Waals surface area contributed by atoms with E-state index in [1.807, 2.05) is 61.8 Å². The third-order valence-corrected chi connectivity index (χ3v) is 7.92. The van der Waals surface area contributed by atoms with Crippen molar-refractivity contribution in [1.29, 1.82) is 0 Å². The van der Waals surface area contributed by atoms with E-state index in [9.17, 15) is 4.79 Å². The van der Waals surface area contributed by atoms with E-state index in [-0.39, 0.29) is 6.03 Å². The number of nitrogens with one attached hydrogen (secondary N) is 2. The SMILES string of the molecule is Cc1ccc(-c2ccccc2)cc1NC(=O)Nc1ccc(N2CCN(CCc3ccncc3)CC2)c2ccccc12. The number of fused-ring (bicyclic) bond motifs is 1. The Hall–Kier alpha value is -4.68. The zero-order valence-electron chi connectivity index (χ0n) is 23.4. The molecule has 0 saturated carbocycles. The van der Waals surface area contributed by atoms with Crippen LogP contribution in [0.3, 0.4) is 0 Å². The molecule has 6 rings (SSSR count). The summed E-state index contributed by atoms with van der Waals surface area (Å²) in [5, 5.41) is 8.37. The van der Waals surface area contributed by atoms with Gasteiger partial charge in [-0.15, -0.1) is 0 Å². The lowest BCUT2D eigenvalue weighted by Crippen LogP contribution is -2.47. The summed E-state index contributed by atoms with van der Waals surface area (Å²) in [4.78, 5) is 22.3. The lowest BCUT2D eigenvalue weighted by Gasteiger charge is -2.36. The van der Waals surface area contributed by atoms with Crippen molar-refractivity contribution in [3.8, 4) is 11.1 Å². The zero-order chi connectivity index (χ0) is 28.0. The molecule has 0 spiro atoms. The Balaban J connectivity index is 1.13. The van der Waals surface area contributed by atoms with E-state index in [1.54, 1.807) is 0 Å². The lowest BCUT2D eigenvalue weighted by atomic mass is 10.0. The number of carbonyl (C=O) groups excluding carboxylic acids is 1. The number of hydrogen-bond donors (Lipinski definition) is 2. The van der Waals surface area contributed by atoms with Crippen LogP contribution in [-0.2, 0) is 6.42 Å². The Morgan fingerprint density at radius 3 is 2.22 bits per heavy atom. The van der Waals surface area contributed by atoms with Crippen molar-refractivity contribution >= 4 is 33.9 Å². The average Bonchev–Trinajstić information content (AvgIpc) is 3.02. The van der Waals surface area contributed by atoms with Gasteiger partial charge in [0.2, 0.25) is 0 Å². The number of anilines is 3. The minimum atomic E-state index is -0.251. The quantitative estimate of drug-likeness (QED) is 0.228. The van der Waals surface area contributed by atoms with Gasteiger partial charge in [0, 0.05) is 67.3 Å². The number of amides is 2. The van der Waals surface area contributed by atoms with Crippen molar-refractivity contribution in [2.24, 2.45) is 0 Å². The Labute approximate surface area is 241 Å². The van der Waals surface area contributed by atoms with Crippen LogP contribution in [0.1, 0.15) is 11.1 Å². The topological polar surface area (TPSA) is 60.5 Å². The number of hydrogen-bond acceptors (Lipinski definition) is 4. The van der Waals surface area contributed by atoms with Crippen molar-refractivity contribution in [3.63, 3.8) is 0 Å². The first kappa shape index (κ1) is 26.5. The predicted octanol–water partition coefficient (Wildman–Crippen LogP) is 7.22. The maximum Gasteiger partial charge on any atom is 0.323 e. The minimum absolute atomic E-state index is 0.251. The van der Waals surface area contributed by atoms with Crippen LogP contribution < -0.4 is 15.5 Å². The number of aryl methyl sites for hydroxylation is 1. The zero-order valence-corrected chi connectivity index (χ0v) is 23.4. The van der Waals surface area contributed by atoms with Crippen LogP contribution in [0.2, 0.25) is 0 Å². The van der Waals surface area contributed by atoms with Gasteiger partial charge in [0.05, 0.1) is 5.69 Å². The number of carbonyl (C=O) groups is 1. The monoisotopic (exact) mass is 541 g/mol. The summed E-state index contributed by atoms with van der Waals surface area (Å²) in [6.45, 7) is 7.08. The van der Waals surface area contributed by atoms with Crippen LogP contribution >= 0.6 is 0 Å². The lowest BCUT2D eigenvalue weighted by molar-refractivity contribution is 0.261. The number of piperazine rings is 1. The van der Waals surface area contributed by atoms with Crippen molar-refractivity contribution < 1.29 is 4.79 Å².